The molecule has 2 aromatic carbocycles. The molecular formula is C25H30N4O3S. The fraction of sp³-hybridized carbons (Fsp3) is 0.360. The lowest BCUT2D eigenvalue weighted by atomic mass is 10.0. The molecule has 0 unspecified atom stereocenters. The number of ketones is 1. The third-order valence-corrected chi connectivity index (χ3v) is 6.32. The number of carbonyl (C=O) groups is 2. The van der Waals surface area contributed by atoms with E-state index in [0.29, 0.717) is 34.4 Å². The molecule has 7 nitrogen and oxygen atoms in total. The Bertz CT molecular complexity index is 1090. The summed E-state index contributed by atoms with van der Waals surface area (Å²) in [6.07, 6.45) is 0. The van der Waals surface area contributed by atoms with Crippen LogP contribution in [0.4, 0.5) is 0 Å². The molecule has 8 heteroatoms. The Morgan fingerprint density at radius 2 is 1.67 bits per heavy atom. The summed E-state index contributed by atoms with van der Waals surface area (Å²) in [4.78, 5) is 25.5. The summed E-state index contributed by atoms with van der Waals surface area (Å²) in [5, 5.41) is 12.5. The van der Waals surface area contributed by atoms with E-state index in [0.717, 1.165) is 5.56 Å². The third-order valence-electron chi connectivity index (χ3n) is 5.35. The summed E-state index contributed by atoms with van der Waals surface area (Å²) in [6.45, 7) is 8.69. The van der Waals surface area contributed by atoms with Gasteiger partial charge in [0.15, 0.2) is 16.8 Å². The average molecular weight is 467 g/mol. The van der Waals surface area contributed by atoms with E-state index < -0.39 is 0 Å². The van der Waals surface area contributed by atoms with Gasteiger partial charge in [-0.1, -0.05) is 43.3 Å². The minimum Gasteiger partial charge on any atom is -0.497 e. The van der Waals surface area contributed by atoms with Crippen LogP contribution < -0.4 is 10.1 Å². The molecule has 0 aliphatic rings. The van der Waals surface area contributed by atoms with E-state index in [9.17, 15) is 9.59 Å². The van der Waals surface area contributed by atoms with Gasteiger partial charge in [0, 0.05) is 17.7 Å². The van der Waals surface area contributed by atoms with Gasteiger partial charge in [-0.2, -0.15) is 0 Å². The Morgan fingerprint density at radius 1 is 1.03 bits per heavy atom. The number of nitrogens with zero attached hydrogens (tertiary/aromatic N) is 3. The Kier molecular flexibility index (Phi) is 8.27. The molecule has 0 bridgehead atoms. The minimum absolute atomic E-state index is 0.00272. The number of nitrogens with one attached hydrogen (secondary N) is 1. The molecule has 1 heterocycles. The van der Waals surface area contributed by atoms with Crippen LogP contribution in [0.15, 0.2) is 53.7 Å². The highest BCUT2D eigenvalue weighted by Crippen LogP contribution is 2.26. The first-order valence-electron chi connectivity index (χ1n) is 10.9. The van der Waals surface area contributed by atoms with Crippen LogP contribution in [0.1, 0.15) is 58.9 Å². The molecule has 1 atom stereocenters. The van der Waals surface area contributed by atoms with E-state index >= 15 is 0 Å². The second-order valence-electron chi connectivity index (χ2n) is 8.09. The van der Waals surface area contributed by atoms with Crippen molar-refractivity contribution in [1.82, 2.24) is 20.1 Å². The number of ether oxygens (including phenoxy) is 1. The second-order valence-corrected chi connectivity index (χ2v) is 9.03. The Balaban J connectivity index is 1.74. The fourth-order valence-electron chi connectivity index (χ4n) is 3.38. The van der Waals surface area contributed by atoms with Gasteiger partial charge in [-0.3, -0.25) is 9.59 Å². The standard InChI is InChI=1S/C25H30N4O3S/c1-6-29-23(22(16(2)3)26-24(31)19-9-7-17(4)8-10-19)27-28-25(29)33-15-21(30)18-11-13-20(32-5)14-12-18/h7-14,16,22H,6,15H2,1-5H3,(H,26,31)/t22-/m1/s1. The topological polar surface area (TPSA) is 86.1 Å². The van der Waals surface area contributed by atoms with E-state index in [1.807, 2.05) is 56.5 Å². The largest absolute Gasteiger partial charge is 0.497 e. The number of benzene rings is 2. The molecule has 1 amide bonds. The van der Waals surface area contributed by atoms with Crippen LogP contribution in [0.25, 0.3) is 0 Å². The predicted octanol–water partition coefficient (Wildman–Crippen LogP) is 4.72. The monoisotopic (exact) mass is 466 g/mol. The molecule has 0 fully saturated rings. The number of methoxy groups -OCH3 is 1. The molecule has 0 aliphatic carbocycles. The maximum absolute atomic E-state index is 12.8. The zero-order valence-corrected chi connectivity index (χ0v) is 20.5. The molecule has 33 heavy (non-hydrogen) atoms. The van der Waals surface area contributed by atoms with Gasteiger partial charge >= 0.3 is 0 Å². The smallest absolute Gasteiger partial charge is 0.251 e. The molecule has 1 N–H and O–H groups in total. The lowest BCUT2D eigenvalue weighted by Crippen LogP contribution is -2.33. The van der Waals surface area contributed by atoms with Crippen molar-refractivity contribution in [2.45, 2.75) is 45.4 Å². The molecule has 0 spiro atoms. The first-order valence-corrected chi connectivity index (χ1v) is 11.9. The molecule has 3 rings (SSSR count). The zero-order valence-electron chi connectivity index (χ0n) is 19.7. The van der Waals surface area contributed by atoms with Crippen LogP contribution in [-0.4, -0.2) is 39.3 Å². The fourth-order valence-corrected chi connectivity index (χ4v) is 4.29. The summed E-state index contributed by atoms with van der Waals surface area (Å²) in [5.41, 5.74) is 2.33. The number of rotatable bonds is 10. The van der Waals surface area contributed by atoms with Crippen LogP contribution in [0.2, 0.25) is 0 Å². The van der Waals surface area contributed by atoms with E-state index in [4.69, 9.17) is 4.74 Å². The summed E-state index contributed by atoms with van der Waals surface area (Å²) in [6, 6.07) is 14.2. The van der Waals surface area contributed by atoms with Crippen molar-refractivity contribution in [3.63, 3.8) is 0 Å². The van der Waals surface area contributed by atoms with Crippen LogP contribution in [0.5, 0.6) is 5.75 Å². The van der Waals surface area contributed by atoms with Crippen molar-refractivity contribution < 1.29 is 14.3 Å². The molecule has 0 saturated heterocycles. The van der Waals surface area contributed by atoms with Crippen molar-refractivity contribution in [2.75, 3.05) is 12.9 Å². The summed E-state index contributed by atoms with van der Waals surface area (Å²) in [5.74, 6) is 1.60. The highest BCUT2D eigenvalue weighted by molar-refractivity contribution is 7.99. The normalized spacial score (nSPS) is 11.9. The number of thioether (sulfide) groups is 1. The van der Waals surface area contributed by atoms with Crippen LogP contribution >= 0.6 is 11.8 Å². The van der Waals surface area contributed by atoms with Crippen molar-refractivity contribution >= 4 is 23.5 Å². The van der Waals surface area contributed by atoms with Gasteiger partial charge in [0.05, 0.1) is 18.9 Å². The van der Waals surface area contributed by atoms with Crippen LogP contribution in [-0.2, 0) is 6.54 Å². The van der Waals surface area contributed by atoms with Gasteiger partial charge in [-0.05, 0) is 56.2 Å². The number of aromatic nitrogens is 3. The van der Waals surface area contributed by atoms with Crippen molar-refractivity contribution in [1.29, 1.82) is 0 Å². The third kappa shape index (κ3) is 6.01. The quantitative estimate of drug-likeness (QED) is 0.344. The van der Waals surface area contributed by atoms with Crippen LogP contribution in [0, 0.1) is 12.8 Å². The Morgan fingerprint density at radius 3 is 2.24 bits per heavy atom. The number of hydrogen-bond acceptors (Lipinski definition) is 6. The summed E-state index contributed by atoms with van der Waals surface area (Å²) >= 11 is 1.35. The van der Waals surface area contributed by atoms with Crippen molar-refractivity contribution in [3.05, 3.63) is 71.0 Å². The lowest BCUT2D eigenvalue weighted by Gasteiger charge is -2.22. The van der Waals surface area contributed by atoms with Gasteiger partial charge in [-0.15, -0.1) is 10.2 Å². The minimum atomic E-state index is -0.308. The van der Waals surface area contributed by atoms with Gasteiger partial charge in [0.25, 0.3) is 5.91 Å². The van der Waals surface area contributed by atoms with E-state index in [2.05, 4.69) is 15.5 Å². The zero-order chi connectivity index (χ0) is 24.0. The second kappa shape index (κ2) is 11.1. The van der Waals surface area contributed by atoms with Gasteiger partial charge in [0.2, 0.25) is 0 Å². The van der Waals surface area contributed by atoms with Crippen molar-refractivity contribution in [3.8, 4) is 5.75 Å². The Hall–Kier alpha value is -3.13. The number of carbonyl (C=O) groups excluding carboxylic acids is 2. The molecule has 174 valence electrons. The van der Waals surface area contributed by atoms with Crippen LogP contribution in [0.3, 0.4) is 0 Å². The highest BCUT2D eigenvalue weighted by atomic mass is 32.2. The highest BCUT2D eigenvalue weighted by Gasteiger charge is 2.26. The summed E-state index contributed by atoms with van der Waals surface area (Å²) < 4.78 is 7.11. The number of Topliss-reactive ketones (excluding diaryl/α,β-unsaturated/α-hetero) is 1. The predicted molar refractivity (Wildman–Crippen MR) is 130 cm³/mol. The summed E-state index contributed by atoms with van der Waals surface area (Å²) in [7, 11) is 1.59. The molecule has 0 saturated carbocycles. The molecular weight excluding hydrogens is 436 g/mol. The number of hydrogen-bond donors (Lipinski definition) is 1. The SMILES string of the molecule is CCn1c(SCC(=O)c2ccc(OC)cc2)nnc1[C@H](NC(=O)c1ccc(C)cc1)C(C)C. The van der Waals surface area contributed by atoms with Gasteiger partial charge < -0.3 is 14.6 Å². The van der Waals surface area contributed by atoms with E-state index in [-0.39, 0.29) is 29.4 Å². The molecule has 1 aromatic heterocycles. The first kappa shape index (κ1) is 24.5. The molecule has 0 radical (unpaired) electrons. The Labute approximate surface area is 198 Å². The number of aryl methyl sites for hydroxylation is 1. The van der Waals surface area contributed by atoms with Gasteiger partial charge in [0.1, 0.15) is 5.75 Å². The van der Waals surface area contributed by atoms with Crippen molar-refractivity contribution in [2.24, 2.45) is 5.92 Å². The lowest BCUT2D eigenvalue weighted by molar-refractivity contribution is 0.0921. The first-order chi connectivity index (χ1) is 15.8. The average Bonchev–Trinajstić information content (AvgIpc) is 3.23. The van der Waals surface area contributed by atoms with E-state index in [1.165, 1.54) is 11.8 Å². The maximum atomic E-state index is 12.8. The molecule has 3 aromatic rings. The van der Waals surface area contributed by atoms with E-state index in [1.54, 1.807) is 31.4 Å². The molecule has 0 aliphatic heterocycles. The maximum Gasteiger partial charge on any atom is 0.251 e. The number of amides is 1. The van der Waals surface area contributed by atoms with Gasteiger partial charge in [-0.25, -0.2) is 0 Å².